The zero-order valence-electron chi connectivity index (χ0n) is 17.4. The van der Waals surface area contributed by atoms with Crippen molar-refractivity contribution in [3.05, 3.63) is 97.1 Å². The number of rotatable bonds is 3. The fraction of sp³-hybridized carbons (Fsp3) is 0.0345. The third kappa shape index (κ3) is 2.31. The van der Waals surface area contributed by atoms with E-state index >= 15 is 0 Å². The summed E-state index contributed by atoms with van der Waals surface area (Å²) >= 11 is 0. The van der Waals surface area contributed by atoms with Crippen molar-refractivity contribution in [1.82, 2.24) is 0 Å². The maximum Gasteiger partial charge on any atom is 0.134 e. The van der Waals surface area contributed by atoms with Gasteiger partial charge in [0.05, 0.1) is 18.8 Å². The molecule has 3 heteroatoms. The average molecular weight is 414 g/mol. The lowest BCUT2D eigenvalue weighted by Gasteiger charge is -2.18. The molecular weight excluding hydrogens is 396 g/mol. The van der Waals surface area contributed by atoms with E-state index < -0.39 is 0 Å². The van der Waals surface area contributed by atoms with Crippen LogP contribution in [-0.4, -0.2) is 0 Å². The fourth-order valence-corrected chi connectivity index (χ4v) is 5.08. The van der Waals surface area contributed by atoms with Gasteiger partial charge in [-0.2, -0.15) is 0 Å². The average Bonchev–Trinajstić information content (AvgIpc) is 3.61. The predicted molar refractivity (Wildman–Crippen MR) is 128 cm³/mol. The van der Waals surface area contributed by atoms with Gasteiger partial charge in [-0.1, -0.05) is 24.3 Å². The summed E-state index contributed by atoms with van der Waals surface area (Å²) in [6.07, 6.45) is 5.17. The van der Waals surface area contributed by atoms with Crippen LogP contribution in [0.1, 0.15) is 5.56 Å². The van der Waals surface area contributed by atoms with E-state index in [0.29, 0.717) is 0 Å². The van der Waals surface area contributed by atoms with Gasteiger partial charge in [-0.15, -0.1) is 0 Å². The predicted octanol–water partition coefficient (Wildman–Crippen LogP) is 8.67. The number of aryl methyl sites for hydroxylation is 1. The van der Waals surface area contributed by atoms with E-state index in [-0.39, 0.29) is 0 Å². The highest BCUT2D eigenvalue weighted by molar-refractivity contribution is 6.30. The van der Waals surface area contributed by atoms with Crippen molar-refractivity contribution in [2.45, 2.75) is 6.92 Å². The van der Waals surface area contributed by atoms with Crippen LogP contribution in [0.5, 0.6) is 0 Å². The molecule has 4 aromatic carbocycles. The van der Waals surface area contributed by atoms with Crippen molar-refractivity contribution in [2.24, 2.45) is 0 Å². The van der Waals surface area contributed by atoms with Crippen LogP contribution in [-0.2, 0) is 0 Å². The standard InChI is InChI=1S/C29H18O3/c1-17-15-22(25-5-2-12-30-25)19-10-11-21-24(27-7-4-14-32-27)16-23(26-6-3-13-31-26)20-9-8-18(17)28(19)29(20)21/h2-16H,1H3. The third-order valence-electron chi connectivity index (χ3n) is 6.47. The Morgan fingerprint density at radius 1 is 0.469 bits per heavy atom. The topological polar surface area (TPSA) is 39.4 Å². The first kappa shape index (κ1) is 17.4. The minimum Gasteiger partial charge on any atom is -0.464 e. The van der Waals surface area contributed by atoms with Crippen molar-refractivity contribution in [3.8, 4) is 34.0 Å². The second-order valence-corrected chi connectivity index (χ2v) is 8.22. The zero-order chi connectivity index (χ0) is 21.2. The molecule has 7 aromatic rings. The number of hydrogen-bond donors (Lipinski definition) is 0. The molecule has 0 atom stereocenters. The lowest BCUT2D eigenvalue weighted by molar-refractivity contribution is 0.581. The summed E-state index contributed by atoms with van der Waals surface area (Å²) in [5.41, 5.74) is 4.45. The van der Waals surface area contributed by atoms with Crippen molar-refractivity contribution in [3.63, 3.8) is 0 Å². The SMILES string of the molecule is Cc1cc(-c2ccco2)c2ccc3c(-c4ccco4)cc(-c4ccco4)c4ccc1c2c43. The Balaban J connectivity index is 1.73. The van der Waals surface area contributed by atoms with Crippen molar-refractivity contribution in [2.75, 3.05) is 0 Å². The molecule has 7 rings (SSSR count). The minimum absolute atomic E-state index is 0.846. The molecule has 0 saturated carbocycles. The van der Waals surface area contributed by atoms with E-state index in [0.717, 1.165) is 34.0 Å². The zero-order valence-corrected chi connectivity index (χ0v) is 17.4. The lowest BCUT2D eigenvalue weighted by Crippen LogP contribution is -1.92. The van der Waals surface area contributed by atoms with Crippen LogP contribution < -0.4 is 0 Å². The largest absolute Gasteiger partial charge is 0.464 e. The van der Waals surface area contributed by atoms with E-state index in [1.54, 1.807) is 18.8 Å². The molecule has 0 saturated heterocycles. The fourth-order valence-electron chi connectivity index (χ4n) is 5.08. The maximum atomic E-state index is 5.84. The second-order valence-electron chi connectivity index (χ2n) is 8.22. The van der Waals surface area contributed by atoms with Crippen molar-refractivity contribution >= 4 is 32.3 Å². The summed E-state index contributed by atoms with van der Waals surface area (Å²) < 4.78 is 17.5. The van der Waals surface area contributed by atoms with Gasteiger partial charge in [-0.25, -0.2) is 0 Å². The van der Waals surface area contributed by atoms with Gasteiger partial charge in [-0.05, 0) is 93.3 Å². The van der Waals surface area contributed by atoms with Gasteiger partial charge in [-0.3, -0.25) is 0 Å². The van der Waals surface area contributed by atoms with E-state index in [1.165, 1.54) is 37.9 Å². The Morgan fingerprint density at radius 2 is 0.875 bits per heavy atom. The first-order valence-electron chi connectivity index (χ1n) is 10.7. The molecule has 0 fully saturated rings. The van der Waals surface area contributed by atoms with Crippen LogP contribution in [0, 0.1) is 6.92 Å². The van der Waals surface area contributed by atoms with E-state index in [9.17, 15) is 0 Å². The smallest absolute Gasteiger partial charge is 0.134 e. The maximum absolute atomic E-state index is 5.84. The summed E-state index contributed by atoms with van der Waals surface area (Å²) in [7, 11) is 0. The van der Waals surface area contributed by atoms with Crippen LogP contribution in [0.3, 0.4) is 0 Å². The van der Waals surface area contributed by atoms with Gasteiger partial charge in [0.1, 0.15) is 17.3 Å². The van der Waals surface area contributed by atoms with Crippen molar-refractivity contribution < 1.29 is 13.3 Å². The molecular formula is C29H18O3. The minimum atomic E-state index is 0.846. The molecule has 0 amide bonds. The second kappa shape index (κ2) is 6.38. The molecule has 0 aliphatic carbocycles. The molecule has 3 aromatic heterocycles. The van der Waals surface area contributed by atoms with Crippen LogP contribution in [0.4, 0.5) is 0 Å². The molecule has 0 aliphatic heterocycles. The first-order valence-corrected chi connectivity index (χ1v) is 10.7. The number of hydrogen-bond acceptors (Lipinski definition) is 3. The molecule has 3 nitrogen and oxygen atoms in total. The summed E-state index contributed by atoms with van der Waals surface area (Å²) in [5, 5.41) is 7.22. The summed E-state index contributed by atoms with van der Waals surface area (Å²) in [5.74, 6) is 2.57. The Labute approximate surface area is 183 Å². The van der Waals surface area contributed by atoms with Crippen molar-refractivity contribution in [1.29, 1.82) is 0 Å². The van der Waals surface area contributed by atoms with Gasteiger partial charge in [0.2, 0.25) is 0 Å². The highest BCUT2D eigenvalue weighted by Crippen LogP contribution is 2.46. The molecule has 152 valence electrons. The molecule has 0 aliphatic rings. The Kier molecular flexibility index (Phi) is 3.48. The summed E-state index contributed by atoms with van der Waals surface area (Å²) in [4.78, 5) is 0. The van der Waals surface area contributed by atoms with E-state index in [2.05, 4.69) is 43.3 Å². The monoisotopic (exact) mass is 414 g/mol. The Morgan fingerprint density at radius 3 is 1.31 bits per heavy atom. The van der Waals surface area contributed by atoms with Gasteiger partial charge >= 0.3 is 0 Å². The first-order chi connectivity index (χ1) is 15.8. The molecule has 0 radical (unpaired) electrons. The highest BCUT2D eigenvalue weighted by atomic mass is 16.3. The molecule has 0 bridgehead atoms. The summed E-state index contributed by atoms with van der Waals surface area (Å²) in [6, 6.07) is 25.1. The molecule has 0 unspecified atom stereocenters. The van der Waals surface area contributed by atoms with Crippen LogP contribution >= 0.6 is 0 Å². The van der Waals surface area contributed by atoms with Gasteiger partial charge in [0.25, 0.3) is 0 Å². The third-order valence-corrected chi connectivity index (χ3v) is 6.47. The molecule has 32 heavy (non-hydrogen) atoms. The van der Waals surface area contributed by atoms with Gasteiger partial charge in [0, 0.05) is 16.7 Å². The highest BCUT2D eigenvalue weighted by Gasteiger charge is 2.21. The Bertz CT molecular complexity index is 1650. The van der Waals surface area contributed by atoms with E-state index in [1.807, 2.05) is 36.4 Å². The van der Waals surface area contributed by atoms with Crippen LogP contribution in [0.15, 0.2) is 105 Å². The Hall–Kier alpha value is -4.24. The normalized spacial score (nSPS) is 11.9. The number of furan rings is 3. The van der Waals surface area contributed by atoms with Crippen LogP contribution in [0.2, 0.25) is 0 Å². The van der Waals surface area contributed by atoms with Gasteiger partial charge < -0.3 is 13.3 Å². The molecule has 0 N–H and O–H groups in total. The lowest BCUT2D eigenvalue weighted by atomic mass is 9.85. The quantitative estimate of drug-likeness (QED) is 0.272. The molecule has 0 spiro atoms. The van der Waals surface area contributed by atoms with Gasteiger partial charge in [0.15, 0.2) is 0 Å². The number of benzene rings is 4. The van der Waals surface area contributed by atoms with Crippen LogP contribution in [0.25, 0.3) is 66.3 Å². The van der Waals surface area contributed by atoms with E-state index in [4.69, 9.17) is 13.3 Å². The molecule has 3 heterocycles. The summed E-state index contributed by atoms with van der Waals surface area (Å²) in [6.45, 7) is 2.17.